The lowest BCUT2D eigenvalue weighted by atomic mass is 10.1. The average Bonchev–Trinajstić information content (AvgIpc) is 2.94. The number of hydrogen-bond donors (Lipinski definition) is 1. The summed E-state index contributed by atoms with van der Waals surface area (Å²) in [6.45, 7) is 7.21. The van der Waals surface area contributed by atoms with Crippen molar-refractivity contribution in [2.45, 2.75) is 26.3 Å². The number of aryl methyl sites for hydroxylation is 1. The molecule has 1 fully saturated rings. The first-order chi connectivity index (χ1) is 13.7. The van der Waals surface area contributed by atoms with Crippen molar-refractivity contribution in [2.75, 3.05) is 38.0 Å². The van der Waals surface area contributed by atoms with Crippen LogP contribution in [0.4, 0.5) is 5.69 Å². The van der Waals surface area contributed by atoms with Gasteiger partial charge >= 0.3 is 0 Å². The minimum absolute atomic E-state index is 0.0569. The van der Waals surface area contributed by atoms with Crippen LogP contribution in [0.15, 0.2) is 48.5 Å². The lowest BCUT2D eigenvalue weighted by Gasteiger charge is -2.21. The van der Waals surface area contributed by atoms with Crippen LogP contribution in [0.2, 0.25) is 0 Å². The number of para-hydroxylation sites is 1. The maximum absolute atomic E-state index is 12.5. The van der Waals surface area contributed by atoms with Gasteiger partial charge in [0.1, 0.15) is 0 Å². The third-order valence-electron chi connectivity index (χ3n) is 5.21. The number of carbonyl (C=O) groups excluding carboxylic acids is 1. The second-order valence-corrected chi connectivity index (χ2v) is 7.27. The standard InChI is InChI=1S/C23H28N4O/c1-2-21-6-3-4-7-22(21)25-23(28)18-27-13-5-12-26(14-15-27)17-20-10-8-19(16-24)9-11-20/h3-4,6-11H,2,5,12-15,17-18H2,1H3,(H,25,28). The van der Waals surface area contributed by atoms with Gasteiger partial charge in [0, 0.05) is 25.3 Å². The zero-order valence-corrected chi connectivity index (χ0v) is 16.5. The van der Waals surface area contributed by atoms with E-state index >= 15 is 0 Å². The van der Waals surface area contributed by atoms with E-state index in [-0.39, 0.29) is 5.91 Å². The Morgan fingerprint density at radius 2 is 1.75 bits per heavy atom. The highest BCUT2D eigenvalue weighted by Crippen LogP contribution is 2.16. The second-order valence-electron chi connectivity index (χ2n) is 7.27. The van der Waals surface area contributed by atoms with Crippen LogP contribution in [0.25, 0.3) is 0 Å². The molecule has 1 aliphatic rings. The molecule has 0 bridgehead atoms. The lowest BCUT2D eigenvalue weighted by Crippen LogP contribution is -2.36. The zero-order chi connectivity index (χ0) is 19.8. The summed E-state index contributed by atoms with van der Waals surface area (Å²) >= 11 is 0. The molecule has 5 heteroatoms. The molecule has 1 N–H and O–H groups in total. The molecule has 5 nitrogen and oxygen atoms in total. The van der Waals surface area contributed by atoms with Crippen molar-refractivity contribution in [2.24, 2.45) is 0 Å². The van der Waals surface area contributed by atoms with Crippen molar-refractivity contribution < 1.29 is 4.79 Å². The van der Waals surface area contributed by atoms with Gasteiger partial charge < -0.3 is 5.32 Å². The third-order valence-corrected chi connectivity index (χ3v) is 5.21. The highest BCUT2D eigenvalue weighted by molar-refractivity contribution is 5.93. The number of anilines is 1. The van der Waals surface area contributed by atoms with Crippen molar-refractivity contribution in [1.82, 2.24) is 9.80 Å². The molecule has 1 amide bonds. The van der Waals surface area contributed by atoms with E-state index in [4.69, 9.17) is 5.26 Å². The van der Waals surface area contributed by atoms with Crippen LogP contribution in [0.5, 0.6) is 0 Å². The average molecular weight is 377 g/mol. The Bertz CT molecular complexity index is 825. The maximum Gasteiger partial charge on any atom is 0.238 e. The van der Waals surface area contributed by atoms with Crippen LogP contribution in [0.3, 0.4) is 0 Å². The fourth-order valence-electron chi connectivity index (χ4n) is 3.63. The van der Waals surface area contributed by atoms with Crippen LogP contribution in [-0.2, 0) is 17.8 Å². The van der Waals surface area contributed by atoms with Crippen molar-refractivity contribution in [3.63, 3.8) is 0 Å². The lowest BCUT2D eigenvalue weighted by molar-refractivity contribution is -0.117. The first kappa shape index (κ1) is 20.1. The number of carbonyl (C=O) groups is 1. The summed E-state index contributed by atoms with van der Waals surface area (Å²) in [5, 5.41) is 12.0. The number of nitriles is 1. The molecular formula is C23H28N4O. The molecule has 0 aliphatic carbocycles. The molecule has 0 spiro atoms. The Hall–Kier alpha value is -2.68. The van der Waals surface area contributed by atoms with E-state index in [1.54, 1.807) is 0 Å². The summed E-state index contributed by atoms with van der Waals surface area (Å²) in [7, 11) is 0. The minimum Gasteiger partial charge on any atom is -0.325 e. The fourth-order valence-corrected chi connectivity index (χ4v) is 3.63. The topological polar surface area (TPSA) is 59.4 Å². The molecule has 28 heavy (non-hydrogen) atoms. The van der Waals surface area contributed by atoms with E-state index in [1.165, 1.54) is 11.1 Å². The molecule has 0 saturated carbocycles. The Morgan fingerprint density at radius 3 is 2.50 bits per heavy atom. The molecule has 0 atom stereocenters. The number of amides is 1. The van der Waals surface area contributed by atoms with E-state index in [9.17, 15) is 4.79 Å². The first-order valence-electron chi connectivity index (χ1n) is 9.99. The van der Waals surface area contributed by atoms with Gasteiger partial charge in [0.2, 0.25) is 5.91 Å². The number of benzene rings is 2. The minimum atomic E-state index is 0.0569. The smallest absolute Gasteiger partial charge is 0.238 e. The van der Waals surface area contributed by atoms with Gasteiger partial charge in [-0.15, -0.1) is 0 Å². The van der Waals surface area contributed by atoms with Gasteiger partial charge in [-0.3, -0.25) is 14.6 Å². The molecular weight excluding hydrogens is 348 g/mol. The molecule has 1 heterocycles. The van der Waals surface area contributed by atoms with Crippen molar-refractivity contribution in [1.29, 1.82) is 5.26 Å². The maximum atomic E-state index is 12.5. The van der Waals surface area contributed by atoms with Gasteiger partial charge in [-0.1, -0.05) is 37.3 Å². The molecule has 146 valence electrons. The molecule has 0 aromatic heterocycles. The molecule has 3 rings (SSSR count). The Balaban J connectivity index is 1.49. The molecule has 1 saturated heterocycles. The largest absolute Gasteiger partial charge is 0.325 e. The number of nitrogens with zero attached hydrogens (tertiary/aromatic N) is 3. The SMILES string of the molecule is CCc1ccccc1NC(=O)CN1CCCN(Cc2ccc(C#N)cc2)CC1. The highest BCUT2D eigenvalue weighted by Gasteiger charge is 2.17. The molecule has 2 aromatic carbocycles. The number of hydrogen-bond acceptors (Lipinski definition) is 4. The zero-order valence-electron chi connectivity index (χ0n) is 16.5. The fraction of sp³-hybridized carbons (Fsp3) is 0.391. The summed E-state index contributed by atoms with van der Waals surface area (Å²) in [6, 6.07) is 18.0. The van der Waals surface area contributed by atoms with E-state index in [0.717, 1.165) is 51.3 Å². The quantitative estimate of drug-likeness (QED) is 0.841. The van der Waals surface area contributed by atoms with E-state index in [0.29, 0.717) is 12.1 Å². The van der Waals surface area contributed by atoms with Gasteiger partial charge in [-0.05, 0) is 55.3 Å². The van der Waals surface area contributed by atoms with Gasteiger partial charge in [0.15, 0.2) is 0 Å². The predicted octanol–water partition coefficient (Wildman–Crippen LogP) is 3.27. The Kier molecular flexibility index (Phi) is 7.18. The third kappa shape index (κ3) is 5.66. The number of nitrogens with one attached hydrogen (secondary N) is 1. The normalized spacial score (nSPS) is 15.6. The molecule has 0 radical (unpaired) electrons. The van der Waals surface area contributed by atoms with Gasteiger partial charge in [-0.2, -0.15) is 5.26 Å². The number of rotatable bonds is 6. The summed E-state index contributed by atoms with van der Waals surface area (Å²) < 4.78 is 0. The van der Waals surface area contributed by atoms with Crippen LogP contribution in [0, 0.1) is 11.3 Å². The van der Waals surface area contributed by atoms with E-state index in [1.807, 2.05) is 42.5 Å². The predicted molar refractivity (Wildman–Crippen MR) is 112 cm³/mol. The van der Waals surface area contributed by atoms with Crippen molar-refractivity contribution >= 4 is 11.6 Å². The summed E-state index contributed by atoms with van der Waals surface area (Å²) in [6.07, 6.45) is 1.96. The van der Waals surface area contributed by atoms with Gasteiger partial charge in [0.25, 0.3) is 0 Å². The van der Waals surface area contributed by atoms with Crippen LogP contribution in [-0.4, -0.2) is 48.4 Å². The van der Waals surface area contributed by atoms with E-state index < -0.39 is 0 Å². The van der Waals surface area contributed by atoms with Gasteiger partial charge in [0.05, 0.1) is 18.2 Å². The Morgan fingerprint density at radius 1 is 1.04 bits per heavy atom. The summed E-state index contributed by atoms with van der Waals surface area (Å²) in [5.74, 6) is 0.0569. The Labute approximate surface area is 167 Å². The van der Waals surface area contributed by atoms with Gasteiger partial charge in [-0.25, -0.2) is 0 Å². The van der Waals surface area contributed by atoms with E-state index in [2.05, 4.69) is 34.2 Å². The summed E-state index contributed by atoms with van der Waals surface area (Å²) in [4.78, 5) is 17.2. The molecule has 0 unspecified atom stereocenters. The second kappa shape index (κ2) is 10.0. The highest BCUT2D eigenvalue weighted by atomic mass is 16.2. The van der Waals surface area contributed by atoms with Crippen LogP contribution >= 0.6 is 0 Å². The van der Waals surface area contributed by atoms with Crippen LogP contribution in [0.1, 0.15) is 30.0 Å². The van der Waals surface area contributed by atoms with Crippen LogP contribution < -0.4 is 5.32 Å². The van der Waals surface area contributed by atoms with Crippen molar-refractivity contribution in [3.05, 3.63) is 65.2 Å². The van der Waals surface area contributed by atoms with Crippen molar-refractivity contribution in [3.8, 4) is 6.07 Å². The summed E-state index contributed by atoms with van der Waals surface area (Å²) in [5.41, 5.74) is 4.01. The first-order valence-corrected chi connectivity index (χ1v) is 9.99. The molecule has 2 aromatic rings. The monoisotopic (exact) mass is 376 g/mol. The molecule has 1 aliphatic heterocycles.